The summed E-state index contributed by atoms with van der Waals surface area (Å²) in [6.07, 6.45) is -3.47. The molecule has 4 aromatic rings. The van der Waals surface area contributed by atoms with Crippen molar-refractivity contribution in [3.05, 3.63) is 113 Å². The number of carbonyl (C=O) groups is 2. The Morgan fingerprint density at radius 2 is 1.51 bits per heavy atom. The molecule has 0 unspecified atom stereocenters. The van der Waals surface area contributed by atoms with Crippen molar-refractivity contribution in [1.82, 2.24) is 4.90 Å². The second-order valence-electron chi connectivity index (χ2n) is 10.9. The molecular weight excluding hydrogens is 615 g/mol. The molecule has 8 nitrogen and oxygen atoms in total. The molecule has 2 N–H and O–H groups in total. The van der Waals surface area contributed by atoms with Crippen LogP contribution in [-0.2, 0) is 24.4 Å². The third-order valence-corrected chi connectivity index (χ3v) is 7.44. The van der Waals surface area contributed by atoms with Crippen molar-refractivity contribution in [3.8, 4) is 28.4 Å². The van der Waals surface area contributed by atoms with Crippen LogP contribution in [0, 0.1) is 0 Å². The molecule has 0 aromatic heterocycles. The standard InChI is InChI=1S/C36H36F3NO7/c1-45-31-6-4-5-29(21-31)27-12-10-26(11-13-27)24-46-33-17-16-32(47-36(37,38)39)22-30(33)18-20-40(19-3-2-7-34(41)42)23-25-8-14-28(15-9-25)35(43)44/h4-6,8-17,21-22H,2-3,7,18-20,23-24H2,1H3,(H,41,42)(H,43,44). The lowest BCUT2D eigenvalue weighted by Crippen LogP contribution is -2.27. The molecule has 0 aliphatic rings. The van der Waals surface area contributed by atoms with Gasteiger partial charge in [-0.15, -0.1) is 13.2 Å². The van der Waals surface area contributed by atoms with Crippen molar-refractivity contribution in [2.75, 3.05) is 20.2 Å². The normalized spacial score (nSPS) is 11.3. The summed E-state index contributed by atoms with van der Waals surface area (Å²) in [6, 6.07) is 25.9. The van der Waals surface area contributed by atoms with Gasteiger partial charge in [0.25, 0.3) is 0 Å². The largest absolute Gasteiger partial charge is 0.573 e. The SMILES string of the molecule is COc1cccc(-c2ccc(COc3ccc(OC(F)(F)F)cc3CCN(CCCCC(=O)O)Cc3ccc(C(=O)O)cc3)cc2)c1. The smallest absolute Gasteiger partial charge is 0.497 e. The summed E-state index contributed by atoms with van der Waals surface area (Å²) in [4.78, 5) is 24.3. The molecule has 0 aliphatic carbocycles. The van der Waals surface area contributed by atoms with E-state index in [9.17, 15) is 27.9 Å². The fraction of sp³-hybridized carbons (Fsp3) is 0.278. The Balaban J connectivity index is 1.49. The van der Waals surface area contributed by atoms with Gasteiger partial charge in [0, 0.05) is 19.5 Å². The minimum absolute atomic E-state index is 0.0243. The van der Waals surface area contributed by atoms with E-state index in [0.29, 0.717) is 50.2 Å². The van der Waals surface area contributed by atoms with E-state index in [1.165, 1.54) is 30.3 Å². The number of methoxy groups -OCH3 is 1. The van der Waals surface area contributed by atoms with Crippen LogP contribution in [0.15, 0.2) is 91.0 Å². The fourth-order valence-corrected chi connectivity index (χ4v) is 5.02. The van der Waals surface area contributed by atoms with Crippen LogP contribution in [0.25, 0.3) is 11.1 Å². The van der Waals surface area contributed by atoms with Crippen molar-refractivity contribution >= 4 is 11.9 Å². The number of hydrogen-bond donors (Lipinski definition) is 2. The predicted molar refractivity (Wildman–Crippen MR) is 170 cm³/mol. The van der Waals surface area contributed by atoms with Gasteiger partial charge in [0.1, 0.15) is 23.9 Å². The van der Waals surface area contributed by atoms with Crippen LogP contribution < -0.4 is 14.2 Å². The number of rotatable bonds is 17. The summed E-state index contributed by atoms with van der Waals surface area (Å²) in [5.74, 6) is -1.13. The lowest BCUT2D eigenvalue weighted by Gasteiger charge is -2.23. The van der Waals surface area contributed by atoms with Crippen molar-refractivity contribution < 1.29 is 47.2 Å². The molecule has 4 rings (SSSR count). The Morgan fingerprint density at radius 3 is 2.17 bits per heavy atom. The Labute approximate surface area is 270 Å². The lowest BCUT2D eigenvalue weighted by molar-refractivity contribution is -0.274. The van der Waals surface area contributed by atoms with Crippen LogP contribution in [0.3, 0.4) is 0 Å². The van der Waals surface area contributed by atoms with Gasteiger partial charge in [-0.2, -0.15) is 0 Å². The average molecular weight is 652 g/mol. The molecular formula is C36H36F3NO7. The first-order valence-corrected chi connectivity index (χ1v) is 15.0. The van der Waals surface area contributed by atoms with Crippen molar-refractivity contribution in [2.45, 2.75) is 45.2 Å². The Kier molecular flexibility index (Phi) is 12.2. The molecule has 0 saturated heterocycles. The first kappa shape index (κ1) is 34.8. The summed E-state index contributed by atoms with van der Waals surface area (Å²) < 4.78 is 54.8. The maximum absolute atomic E-state index is 13.1. The van der Waals surface area contributed by atoms with E-state index in [4.69, 9.17) is 14.6 Å². The summed E-state index contributed by atoms with van der Waals surface area (Å²) in [6.45, 7) is 1.55. The van der Waals surface area contributed by atoms with E-state index >= 15 is 0 Å². The number of carboxylic acids is 2. The number of alkyl halides is 3. The van der Waals surface area contributed by atoms with Gasteiger partial charge in [-0.1, -0.05) is 48.5 Å². The Hall–Kier alpha value is -5.03. The highest BCUT2D eigenvalue weighted by molar-refractivity contribution is 5.87. The van der Waals surface area contributed by atoms with Gasteiger partial charge in [0.05, 0.1) is 12.7 Å². The third kappa shape index (κ3) is 11.4. The first-order valence-electron chi connectivity index (χ1n) is 15.0. The van der Waals surface area contributed by atoms with Gasteiger partial charge in [0.15, 0.2) is 0 Å². The minimum atomic E-state index is -4.86. The fourth-order valence-electron chi connectivity index (χ4n) is 5.02. The molecule has 0 radical (unpaired) electrons. The van der Waals surface area contributed by atoms with Crippen molar-refractivity contribution in [3.63, 3.8) is 0 Å². The van der Waals surface area contributed by atoms with E-state index < -0.39 is 18.3 Å². The zero-order valence-electron chi connectivity index (χ0n) is 25.8. The predicted octanol–water partition coefficient (Wildman–Crippen LogP) is 7.84. The van der Waals surface area contributed by atoms with E-state index in [1.54, 1.807) is 19.2 Å². The van der Waals surface area contributed by atoms with Gasteiger partial charge >= 0.3 is 18.3 Å². The lowest BCUT2D eigenvalue weighted by atomic mass is 10.0. The number of ether oxygens (including phenoxy) is 3. The van der Waals surface area contributed by atoms with Crippen LogP contribution in [0.5, 0.6) is 17.2 Å². The maximum Gasteiger partial charge on any atom is 0.573 e. The van der Waals surface area contributed by atoms with Crippen LogP contribution in [0.1, 0.15) is 46.3 Å². The minimum Gasteiger partial charge on any atom is -0.497 e. The molecule has 0 spiro atoms. The van der Waals surface area contributed by atoms with Gasteiger partial charge < -0.3 is 24.4 Å². The number of aliphatic carboxylic acids is 1. The molecule has 4 aromatic carbocycles. The molecule has 0 bridgehead atoms. The number of unbranched alkanes of at least 4 members (excludes halogenated alkanes) is 1. The number of benzene rings is 4. The second kappa shape index (κ2) is 16.5. The molecule has 0 amide bonds. The molecule has 0 heterocycles. The number of hydrogen-bond acceptors (Lipinski definition) is 6. The second-order valence-corrected chi connectivity index (χ2v) is 10.9. The van der Waals surface area contributed by atoms with Gasteiger partial charge in [-0.25, -0.2) is 4.79 Å². The summed E-state index contributed by atoms with van der Waals surface area (Å²) in [5, 5.41) is 18.2. The highest BCUT2D eigenvalue weighted by Crippen LogP contribution is 2.30. The Morgan fingerprint density at radius 1 is 0.787 bits per heavy atom. The molecule has 0 atom stereocenters. The zero-order valence-corrected chi connectivity index (χ0v) is 25.8. The highest BCUT2D eigenvalue weighted by atomic mass is 19.4. The number of nitrogens with zero attached hydrogens (tertiary/aromatic N) is 1. The first-order chi connectivity index (χ1) is 22.5. The number of halogens is 3. The molecule has 47 heavy (non-hydrogen) atoms. The van der Waals surface area contributed by atoms with Crippen LogP contribution in [0.2, 0.25) is 0 Å². The zero-order chi connectivity index (χ0) is 33.8. The van der Waals surface area contributed by atoms with Crippen molar-refractivity contribution in [2.24, 2.45) is 0 Å². The molecule has 0 fully saturated rings. The average Bonchev–Trinajstić information content (AvgIpc) is 3.04. The molecule has 0 aliphatic heterocycles. The topological polar surface area (TPSA) is 106 Å². The van der Waals surface area contributed by atoms with Crippen LogP contribution >= 0.6 is 0 Å². The summed E-state index contributed by atoms with van der Waals surface area (Å²) in [5.41, 5.74) is 4.35. The molecule has 0 saturated carbocycles. The summed E-state index contributed by atoms with van der Waals surface area (Å²) in [7, 11) is 1.61. The monoisotopic (exact) mass is 651 g/mol. The maximum atomic E-state index is 13.1. The number of aromatic carboxylic acids is 1. The van der Waals surface area contributed by atoms with Crippen molar-refractivity contribution in [1.29, 1.82) is 0 Å². The Bertz CT molecular complexity index is 1620. The van der Waals surface area contributed by atoms with Crippen LogP contribution in [-0.4, -0.2) is 53.6 Å². The summed E-state index contributed by atoms with van der Waals surface area (Å²) >= 11 is 0. The molecule has 11 heteroatoms. The van der Waals surface area contributed by atoms with E-state index in [-0.39, 0.29) is 24.3 Å². The highest BCUT2D eigenvalue weighted by Gasteiger charge is 2.31. The van der Waals surface area contributed by atoms with Gasteiger partial charge in [0.2, 0.25) is 0 Å². The van der Waals surface area contributed by atoms with E-state index in [0.717, 1.165) is 28.0 Å². The third-order valence-electron chi connectivity index (χ3n) is 7.44. The van der Waals surface area contributed by atoms with Crippen LogP contribution in [0.4, 0.5) is 13.2 Å². The molecule has 248 valence electrons. The number of carboxylic acid groups (broad SMARTS) is 2. The quantitative estimate of drug-likeness (QED) is 0.111. The van der Waals surface area contributed by atoms with Gasteiger partial charge in [-0.3, -0.25) is 9.69 Å². The van der Waals surface area contributed by atoms with Gasteiger partial charge in [-0.05, 0) is 96.1 Å². The van der Waals surface area contributed by atoms with E-state index in [2.05, 4.69) is 9.64 Å². The van der Waals surface area contributed by atoms with E-state index in [1.807, 2.05) is 48.5 Å².